The van der Waals surface area contributed by atoms with Crippen molar-refractivity contribution in [3.63, 3.8) is 0 Å². The van der Waals surface area contributed by atoms with Crippen LogP contribution in [-0.2, 0) is 0 Å². The normalized spacial score (nSPS) is 12.4. The molecule has 0 amide bonds. The first-order chi connectivity index (χ1) is 9.79. The first kappa shape index (κ1) is 14.8. The number of rotatable bonds is 6. The Kier molecular flexibility index (Phi) is 5.78. The Morgan fingerprint density at radius 1 is 1.45 bits per heavy atom. The molecule has 5 heteroatoms. The molecule has 0 saturated carbocycles. The largest absolute Gasteiger partial charge is 0.295 e. The highest BCUT2D eigenvalue weighted by Crippen LogP contribution is 2.19. The SMILES string of the molecule is Cc1csc([C@@H](C#N)C=NCCSc2ccccc2)n1. The van der Waals surface area contributed by atoms with Crippen molar-refractivity contribution < 1.29 is 0 Å². The molecule has 3 nitrogen and oxygen atoms in total. The Bertz CT molecular complexity index is 599. The van der Waals surface area contributed by atoms with Crippen LogP contribution >= 0.6 is 23.1 Å². The third-order valence-electron chi connectivity index (χ3n) is 2.53. The van der Waals surface area contributed by atoms with Crippen LogP contribution in [0.2, 0.25) is 0 Å². The molecule has 1 aromatic heterocycles. The fourth-order valence-electron chi connectivity index (χ4n) is 1.58. The lowest BCUT2D eigenvalue weighted by Gasteiger charge is -1.99. The summed E-state index contributed by atoms with van der Waals surface area (Å²) in [5.74, 6) is 0.589. The predicted molar refractivity (Wildman–Crippen MR) is 85.7 cm³/mol. The third kappa shape index (κ3) is 4.48. The molecule has 2 rings (SSSR count). The minimum atomic E-state index is -0.324. The number of benzene rings is 1. The quantitative estimate of drug-likeness (QED) is 0.461. The molecule has 0 fully saturated rings. The van der Waals surface area contributed by atoms with Crippen LogP contribution < -0.4 is 0 Å². The van der Waals surface area contributed by atoms with E-state index in [1.165, 1.54) is 16.2 Å². The van der Waals surface area contributed by atoms with Crippen LogP contribution in [0.5, 0.6) is 0 Å². The number of hydrogen-bond acceptors (Lipinski definition) is 5. The Labute approximate surface area is 127 Å². The molecule has 1 atom stereocenters. The summed E-state index contributed by atoms with van der Waals surface area (Å²) in [5, 5.41) is 11.9. The molecular formula is C15H15N3S2. The number of thiazole rings is 1. The van der Waals surface area contributed by atoms with Crippen molar-refractivity contribution in [1.82, 2.24) is 4.98 Å². The molecule has 0 N–H and O–H groups in total. The zero-order chi connectivity index (χ0) is 14.2. The highest BCUT2D eigenvalue weighted by molar-refractivity contribution is 7.99. The van der Waals surface area contributed by atoms with Crippen molar-refractivity contribution in [3.8, 4) is 6.07 Å². The van der Waals surface area contributed by atoms with Gasteiger partial charge in [0.05, 0.1) is 6.07 Å². The molecular weight excluding hydrogens is 286 g/mol. The first-order valence-corrected chi connectivity index (χ1v) is 8.15. The van der Waals surface area contributed by atoms with E-state index in [1.807, 2.05) is 30.5 Å². The highest BCUT2D eigenvalue weighted by Gasteiger charge is 2.11. The number of aromatic nitrogens is 1. The van der Waals surface area contributed by atoms with Crippen LogP contribution in [0.1, 0.15) is 16.6 Å². The standard InChI is InChI=1S/C15H15N3S2/c1-12-11-20-15(18-12)13(9-16)10-17-7-8-19-14-5-3-2-4-6-14/h2-6,10-11,13H,7-8H2,1H3/t13-/m0/s1. The molecule has 0 aliphatic heterocycles. The van der Waals surface area contributed by atoms with E-state index in [4.69, 9.17) is 5.26 Å². The maximum Gasteiger partial charge on any atom is 0.133 e. The monoisotopic (exact) mass is 301 g/mol. The fraction of sp³-hybridized carbons (Fsp3) is 0.267. The smallest absolute Gasteiger partial charge is 0.133 e. The molecule has 0 radical (unpaired) electrons. The molecule has 1 heterocycles. The molecule has 0 aliphatic rings. The molecule has 0 aliphatic carbocycles. The van der Waals surface area contributed by atoms with Crippen molar-refractivity contribution in [2.75, 3.05) is 12.3 Å². The zero-order valence-corrected chi connectivity index (χ0v) is 12.8. The van der Waals surface area contributed by atoms with Gasteiger partial charge in [-0.05, 0) is 19.1 Å². The van der Waals surface area contributed by atoms with Crippen molar-refractivity contribution in [1.29, 1.82) is 5.26 Å². The third-order valence-corrected chi connectivity index (χ3v) is 4.57. The van der Waals surface area contributed by atoms with Gasteiger partial charge >= 0.3 is 0 Å². The molecule has 0 bridgehead atoms. The number of aliphatic imine (C=N–C) groups is 1. The maximum absolute atomic E-state index is 9.14. The fourth-order valence-corrected chi connectivity index (χ4v) is 3.16. The van der Waals surface area contributed by atoms with Gasteiger partial charge in [-0.15, -0.1) is 23.1 Å². The Morgan fingerprint density at radius 3 is 2.90 bits per heavy atom. The lowest BCUT2D eigenvalue weighted by atomic mass is 10.2. The molecule has 0 spiro atoms. The summed E-state index contributed by atoms with van der Waals surface area (Å²) in [6, 6.07) is 12.5. The van der Waals surface area contributed by atoms with Crippen LogP contribution in [0, 0.1) is 18.3 Å². The van der Waals surface area contributed by atoms with Gasteiger partial charge < -0.3 is 0 Å². The van der Waals surface area contributed by atoms with Gasteiger partial charge in [-0.25, -0.2) is 4.98 Å². The van der Waals surface area contributed by atoms with Gasteiger partial charge in [-0.3, -0.25) is 4.99 Å². The van der Waals surface area contributed by atoms with Gasteiger partial charge in [0.15, 0.2) is 0 Å². The second-order valence-corrected chi connectivity index (χ2v) is 6.21. The minimum absolute atomic E-state index is 0.324. The summed E-state index contributed by atoms with van der Waals surface area (Å²) in [4.78, 5) is 9.91. The predicted octanol–water partition coefficient (Wildman–Crippen LogP) is 3.92. The minimum Gasteiger partial charge on any atom is -0.295 e. The van der Waals surface area contributed by atoms with E-state index >= 15 is 0 Å². The number of nitriles is 1. The van der Waals surface area contributed by atoms with Crippen LogP contribution in [0.15, 0.2) is 45.6 Å². The number of aryl methyl sites for hydroxylation is 1. The van der Waals surface area contributed by atoms with Crippen LogP contribution in [0.25, 0.3) is 0 Å². The lowest BCUT2D eigenvalue weighted by Crippen LogP contribution is -1.98. The van der Waals surface area contributed by atoms with Crippen molar-refractivity contribution >= 4 is 29.3 Å². The average Bonchev–Trinajstić information content (AvgIpc) is 2.90. The van der Waals surface area contributed by atoms with E-state index in [0.717, 1.165) is 16.5 Å². The van der Waals surface area contributed by atoms with Gasteiger partial charge in [-0.1, -0.05) is 18.2 Å². The van der Waals surface area contributed by atoms with Crippen molar-refractivity contribution in [3.05, 3.63) is 46.4 Å². The summed E-state index contributed by atoms with van der Waals surface area (Å²) in [6.45, 7) is 2.64. The van der Waals surface area contributed by atoms with E-state index in [0.29, 0.717) is 6.54 Å². The Morgan fingerprint density at radius 2 is 2.25 bits per heavy atom. The van der Waals surface area contributed by atoms with E-state index in [9.17, 15) is 0 Å². The van der Waals surface area contributed by atoms with Gasteiger partial charge in [-0.2, -0.15) is 5.26 Å². The molecule has 20 heavy (non-hydrogen) atoms. The van der Waals surface area contributed by atoms with Crippen LogP contribution in [0.3, 0.4) is 0 Å². The second-order valence-electron chi connectivity index (χ2n) is 4.15. The van der Waals surface area contributed by atoms with Gasteiger partial charge in [0.2, 0.25) is 0 Å². The van der Waals surface area contributed by atoms with Gasteiger partial charge in [0.1, 0.15) is 10.9 Å². The average molecular weight is 301 g/mol. The topological polar surface area (TPSA) is 49.0 Å². The van der Waals surface area contributed by atoms with E-state index < -0.39 is 0 Å². The maximum atomic E-state index is 9.14. The number of thioether (sulfide) groups is 1. The van der Waals surface area contributed by atoms with Crippen molar-refractivity contribution in [2.24, 2.45) is 4.99 Å². The van der Waals surface area contributed by atoms with Gasteiger partial charge in [0, 0.05) is 34.5 Å². The second kappa shape index (κ2) is 7.83. The lowest BCUT2D eigenvalue weighted by molar-refractivity contribution is 1.06. The summed E-state index contributed by atoms with van der Waals surface area (Å²) in [7, 11) is 0. The van der Waals surface area contributed by atoms with E-state index in [1.54, 1.807) is 18.0 Å². The molecule has 1 aromatic carbocycles. The highest BCUT2D eigenvalue weighted by atomic mass is 32.2. The summed E-state index contributed by atoms with van der Waals surface area (Å²) in [5.41, 5.74) is 0.957. The summed E-state index contributed by atoms with van der Waals surface area (Å²) >= 11 is 3.28. The number of nitrogens with zero attached hydrogens (tertiary/aromatic N) is 3. The Hall–Kier alpha value is -1.64. The molecule has 102 valence electrons. The molecule has 0 unspecified atom stereocenters. The van der Waals surface area contributed by atoms with Gasteiger partial charge in [0.25, 0.3) is 0 Å². The summed E-state index contributed by atoms with van der Waals surface area (Å²) < 4.78 is 0. The van der Waals surface area contributed by atoms with Crippen LogP contribution in [-0.4, -0.2) is 23.5 Å². The number of hydrogen-bond donors (Lipinski definition) is 0. The van der Waals surface area contributed by atoms with E-state index in [-0.39, 0.29) is 5.92 Å². The molecule has 0 saturated heterocycles. The summed E-state index contributed by atoms with van der Waals surface area (Å²) in [6.07, 6.45) is 1.71. The van der Waals surface area contributed by atoms with Crippen molar-refractivity contribution in [2.45, 2.75) is 17.7 Å². The Balaban J connectivity index is 1.79. The van der Waals surface area contributed by atoms with E-state index in [2.05, 4.69) is 28.2 Å². The zero-order valence-electron chi connectivity index (χ0n) is 11.2. The molecule has 2 aromatic rings. The van der Waals surface area contributed by atoms with Crippen LogP contribution in [0.4, 0.5) is 0 Å². The first-order valence-electron chi connectivity index (χ1n) is 6.29.